The molecule has 0 fully saturated rings. The molecule has 1 atom stereocenters. The minimum absolute atomic E-state index is 0.390. The lowest BCUT2D eigenvalue weighted by Gasteiger charge is -2.11. The van der Waals surface area contributed by atoms with Crippen LogP contribution in [-0.4, -0.2) is 30.4 Å². The predicted molar refractivity (Wildman–Crippen MR) is 108 cm³/mol. The Hall–Kier alpha value is -2.86. The van der Waals surface area contributed by atoms with Crippen molar-refractivity contribution in [2.24, 2.45) is 0 Å². The summed E-state index contributed by atoms with van der Waals surface area (Å²) in [7, 11) is 2.00. The van der Waals surface area contributed by atoms with E-state index in [0.29, 0.717) is 42.5 Å². The minimum atomic E-state index is 0.390. The van der Waals surface area contributed by atoms with Gasteiger partial charge in [-0.3, -0.25) is 0 Å². The molecule has 1 aliphatic rings. The van der Waals surface area contributed by atoms with Crippen LogP contribution in [0.3, 0.4) is 0 Å². The molecular formula is C22H25N3O3. The van der Waals surface area contributed by atoms with E-state index in [2.05, 4.69) is 33.7 Å². The van der Waals surface area contributed by atoms with E-state index in [-0.39, 0.29) is 0 Å². The quantitative estimate of drug-likeness (QED) is 0.656. The number of nitrogens with one attached hydrogen (secondary N) is 1. The molecule has 0 amide bonds. The topological polar surface area (TPSA) is 69.4 Å². The number of nitrogens with zero attached hydrogens (tertiary/aromatic N) is 2. The molecule has 28 heavy (non-hydrogen) atoms. The second kappa shape index (κ2) is 8.02. The lowest BCUT2D eigenvalue weighted by molar-refractivity contribution is 0.288. The normalized spacial score (nSPS) is 15.5. The van der Waals surface area contributed by atoms with Gasteiger partial charge in [-0.2, -0.15) is 4.98 Å². The summed E-state index contributed by atoms with van der Waals surface area (Å²) in [5.74, 6) is 2.49. The van der Waals surface area contributed by atoms with E-state index in [1.54, 1.807) is 0 Å². The lowest BCUT2D eigenvalue weighted by Crippen LogP contribution is -2.12. The maximum atomic E-state index is 5.71. The summed E-state index contributed by atoms with van der Waals surface area (Å²) < 4.78 is 16.9. The van der Waals surface area contributed by atoms with Crippen molar-refractivity contribution in [3.63, 3.8) is 0 Å². The van der Waals surface area contributed by atoms with Gasteiger partial charge >= 0.3 is 0 Å². The molecule has 1 N–H and O–H groups in total. The molecule has 0 saturated carbocycles. The first kappa shape index (κ1) is 18.5. The maximum Gasteiger partial charge on any atom is 0.258 e. The van der Waals surface area contributed by atoms with Crippen LogP contribution in [0.4, 0.5) is 0 Å². The van der Waals surface area contributed by atoms with Crippen LogP contribution in [0.2, 0.25) is 0 Å². The smallest absolute Gasteiger partial charge is 0.258 e. The zero-order chi connectivity index (χ0) is 19.5. The summed E-state index contributed by atoms with van der Waals surface area (Å²) in [5.41, 5.74) is 4.48. The molecule has 4 rings (SSSR count). The number of rotatable bonds is 7. The number of hydrogen-bond acceptors (Lipinski definition) is 6. The van der Waals surface area contributed by atoms with Crippen LogP contribution in [0, 0.1) is 0 Å². The van der Waals surface area contributed by atoms with E-state index < -0.39 is 0 Å². The van der Waals surface area contributed by atoms with E-state index in [1.165, 1.54) is 11.1 Å². The van der Waals surface area contributed by atoms with Crippen molar-refractivity contribution >= 4 is 0 Å². The van der Waals surface area contributed by atoms with Crippen molar-refractivity contribution < 1.29 is 14.0 Å². The summed E-state index contributed by atoms with van der Waals surface area (Å²) >= 11 is 0. The zero-order valence-corrected chi connectivity index (χ0v) is 16.5. The third kappa shape index (κ3) is 3.36. The highest BCUT2D eigenvalue weighted by Crippen LogP contribution is 2.38. The Morgan fingerprint density at radius 3 is 2.71 bits per heavy atom. The van der Waals surface area contributed by atoms with Gasteiger partial charge in [-0.1, -0.05) is 23.4 Å². The molecule has 1 unspecified atom stereocenters. The third-order valence-corrected chi connectivity index (χ3v) is 5.08. The molecule has 6 heteroatoms. The van der Waals surface area contributed by atoms with Crippen molar-refractivity contribution in [1.29, 1.82) is 0 Å². The van der Waals surface area contributed by atoms with Crippen molar-refractivity contribution in [1.82, 2.24) is 15.5 Å². The molecule has 0 saturated heterocycles. The highest BCUT2D eigenvalue weighted by Gasteiger charge is 2.25. The molecule has 0 radical (unpaired) electrons. The second-order valence-electron chi connectivity index (χ2n) is 6.70. The summed E-state index contributed by atoms with van der Waals surface area (Å²) in [5, 5.41) is 7.62. The van der Waals surface area contributed by atoms with Gasteiger partial charge in [-0.05, 0) is 63.1 Å². The van der Waals surface area contributed by atoms with E-state index in [0.717, 1.165) is 24.0 Å². The Labute approximate surface area is 164 Å². The molecule has 0 aliphatic heterocycles. The van der Waals surface area contributed by atoms with Gasteiger partial charge in [0.15, 0.2) is 11.5 Å². The van der Waals surface area contributed by atoms with Crippen molar-refractivity contribution in [3.8, 4) is 34.3 Å². The third-order valence-electron chi connectivity index (χ3n) is 5.08. The Balaban J connectivity index is 1.68. The standard InChI is InChI=1S/C22H25N3O3/c1-4-26-19-12-9-14(13-20(19)27-5-2)22-24-21(25-28-22)17-8-6-7-16-15(17)10-11-18(16)23-3/h6-9,12-13,18,23H,4-5,10-11H2,1-3H3. The van der Waals surface area contributed by atoms with Gasteiger partial charge in [0, 0.05) is 17.2 Å². The summed E-state index contributed by atoms with van der Waals surface area (Å²) in [4.78, 5) is 4.66. The summed E-state index contributed by atoms with van der Waals surface area (Å²) in [6.45, 7) is 5.03. The van der Waals surface area contributed by atoms with Gasteiger partial charge in [0.1, 0.15) is 0 Å². The first-order valence-corrected chi connectivity index (χ1v) is 9.78. The van der Waals surface area contributed by atoms with Crippen LogP contribution in [0.5, 0.6) is 11.5 Å². The average molecular weight is 379 g/mol. The average Bonchev–Trinajstić information content (AvgIpc) is 3.36. The highest BCUT2D eigenvalue weighted by atomic mass is 16.5. The molecule has 1 aliphatic carbocycles. The molecule has 1 heterocycles. The van der Waals surface area contributed by atoms with E-state index in [9.17, 15) is 0 Å². The lowest BCUT2D eigenvalue weighted by atomic mass is 10.0. The Kier molecular flexibility index (Phi) is 5.30. The van der Waals surface area contributed by atoms with Crippen LogP contribution in [0.1, 0.15) is 37.4 Å². The summed E-state index contributed by atoms with van der Waals surface area (Å²) in [6.07, 6.45) is 2.10. The van der Waals surface area contributed by atoms with Crippen LogP contribution in [-0.2, 0) is 6.42 Å². The molecule has 2 aromatic carbocycles. The molecule has 0 bridgehead atoms. The zero-order valence-electron chi connectivity index (χ0n) is 16.5. The van der Waals surface area contributed by atoms with E-state index in [4.69, 9.17) is 14.0 Å². The van der Waals surface area contributed by atoms with Gasteiger partial charge in [0.2, 0.25) is 5.82 Å². The molecule has 0 spiro atoms. The van der Waals surface area contributed by atoms with Gasteiger partial charge < -0.3 is 19.3 Å². The predicted octanol–water partition coefficient (Wildman–Crippen LogP) is 4.41. The van der Waals surface area contributed by atoms with Gasteiger partial charge in [-0.25, -0.2) is 0 Å². The van der Waals surface area contributed by atoms with Crippen LogP contribution < -0.4 is 14.8 Å². The maximum absolute atomic E-state index is 5.71. The van der Waals surface area contributed by atoms with Crippen molar-refractivity contribution in [2.75, 3.05) is 20.3 Å². The molecule has 1 aromatic heterocycles. The van der Waals surface area contributed by atoms with Gasteiger partial charge in [0.25, 0.3) is 5.89 Å². The molecule has 6 nitrogen and oxygen atoms in total. The fraction of sp³-hybridized carbons (Fsp3) is 0.364. The van der Waals surface area contributed by atoms with Gasteiger partial charge in [0.05, 0.1) is 13.2 Å². The first-order valence-electron chi connectivity index (χ1n) is 9.78. The fourth-order valence-electron chi connectivity index (χ4n) is 3.80. The number of benzene rings is 2. The Morgan fingerprint density at radius 1 is 1.11 bits per heavy atom. The number of hydrogen-bond donors (Lipinski definition) is 1. The first-order chi connectivity index (χ1) is 13.7. The molecule has 146 valence electrons. The largest absolute Gasteiger partial charge is 0.490 e. The van der Waals surface area contributed by atoms with Crippen LogP contribution in [0.15, 0.2) is 40.9 Å². The highest BCUT2D eigenvalue weighted by molar-refractivity contribution is 5.67. The minimum Gasteiger partial charge on any atom is -0.490 e. The van der Waals surface area contributed by atoms with Crippen LogP contribution in [0.25, 0.3) is 22.8 Å². The molecular weight excluding hydrogens is 354 g/mol. The van der Waals surface area contributed by atoms with Gasteiger partial charge in [-0.15, -0.1) is 0 Å². The monoisotopic (exact) mass is 379 g/mol. The van der Waals surface area contributed by atoms with Crippen molar-refractivity contribution in [2.45, 2.75) is 32.7 Å². The molecule has 3 aromatic rings. The van der Waals surface area contributed by atoms with Crippen molar-refractivity contribution in [3.05, 3.63) is 47.5 Å². The summed E-state index contributed by atoms with van der Waals surface area (Å²) in [6, 6.07) is 12.4. The van der Waals surface area contributed by atoms with E-state index >= 15 is 0 Å². The number of fused-ring (bicyclic) bond motifs is 1. The Morgan fingerprint density at radius 2 is 1.93 bits per heavy atom. The number of aromatic nitrogens is 2. The van der Waals surface area contributed by atoms with E-state index in [1.807, 2.05) is 39.1 Å². The SMILES string of the molecule is CCOc1ccc(-c2nc(-c3cccc4c3CCC4NC)no2)cc1OCC. The van der Waals surface area contributed by atoms with Crippen LogP contribution >= 0.6 is 0 Å². The second-order valence-corrected chi connectivity index (χ2v) is 6.70. The fourth-order valence-corrected chi connectivity index (χ4v) is 3.80. The Bertz CT molecular complexity index is 967. The number of ether oxygens (including phenoxy) is 2.